The molecular formula is C26H37NO5. The van der Waals surface area contributed by atoms with Gasteiger partial charge < -0.3 is 15.1 Å². The third-order valence-electron chi connectivity index (χ3n) is 8.26. The number of carbonyl (C=O) groups is 3. The lowest BCUT2D eigenvalue weighted by Crippen LogP contribution is -2.51. The summed E-state index contributed by atoms with van der Waals surface area (Å²) >= 11 is 0. The molecule has 1 saturated carbocycles. The van der Waals surface area contributed by atoms with Crippen molar-refractivity contribution in [3.8, 4) is 0 Å². The van der Waals surface area contributed by atoms with Crippen molar-refractivity contribution in [2.24, 2.45) is 28.6 Å². The van der Waals surface area contributed by atoms with Crippen LogP contribution in [0.15, 0.2) is 35.1 Å². The third-order valence-corrected chi connectivity index (χ3v) is 8.26. The van der Waals surface area contributed by atoms with E-state index in [1.807, 2.05) is 19.9 Å². The Labute approximate surface area is 191 Å². The number of carboxylic acid groups (broad SMARTS) is 1. The average Bonchev–Trinajstić information content (AvgIpc) is 2.90. The number of amides is 1. The number of Topliss-reactive ketones (excluding diaryl/α,β-unsaturated/α-hetero) is 1. The maximum atomic E-state index is 13.3. The van der Waals surface area contributed by atoms with Gasteiger partial charge in [-0.1, -0.05) is 51.0 Å². The van der Waals surface area contributed by atoms with E-state index >= 15 is 0 Å². The summed E-state index contributed by atoms with van der Waals surface area (Å²) in [4.78, 5) is 38.8. The number of likely N-dealkylation sites (tertiary alicyclic amines) is 1. The number of aliphatic carboxylic acids is 1. The summed E-state index contributed by atoms with van der Waals surface area (Å²) in [6.07, 6.45) is 9.15. The van der Waals surface area contributed by atoms with Crippen LogP contribution >= 0.6 is 0 Å². The second-order valence-corrected chi connectivity index (χ2v) is 10.6. The molecule has 1 amide bonds. The number of allylic oxidation sites excluding steroid dienone is 5. The first kappa shape index (κ1) is 24.3. The van der Waals surface area contributed by atoms with E-state index in [-0.39, 0.29) is 41.4 Å². The first-order valence-electron chi connectivity index (χ1n) is 11.7. The van der Waals surface area contributed by atoms with Crippen LogP contribution in [0.3, 0.4) is 0 Å². The van der Waals surface area contributed by atoms with Crippen LogP contribution < -0.4 is 0 Å². The normalized spacial score (nSPS) is 39.3. The van der Waals surface area contributed by atoms with Crippen LogP contribution in [-0.2, 0) is 14.4 Å². The molecule has 0 bridgehead atoms. The number of carbonyl (C=O) groups excluding carboxylic acids is 2. The Morgan fingerprint density at radius 2 is 1.91 bits per heavy atom. The van der Waals surface area contributed by atoms with E-state index in [0.717, 1.165) is 24.8 Å². The van der Waals surface area contributed by atoms with Crippen molar-refractivity contribution in [1.82, 2.24) is 4.90 Å². The first-order valence-corrected chi connectivity index (χ1v) is 11.7. The molecule has 6 atom stereocenters. The SMILES string of the molecule is C/C=C/[C@H]1C(C)=C[C@@]2(C)C[C@H](C)CC[C@H]2[C@]1(C)/C(O)=C1\C(=O)C(CCC(=O)O)N(C)C1=O. The van der Waals surface area contributed by atoms with Crippen molar-refractivity contribution in [3.63, 3.8) is 0 Å². The van der Waals surface area contributed by atoms with Gasteiger partial charge in [0.1, 0.15) is 11.3 Å². The van der Waals surface area contributed by atoms with E-state index in [1.165, 1.54) is 11.9 Å². The summed E-state index contributed by atoms with van der Waals surface area (Å²) in [7, 11) is 1.51. The van der Waals surface area contributed by atoms with Crippen LogP contribution in [0.4, 0.5) is 0 Å². The molecule has 6 nitrogen and oxygen atoms in total. The Bertz CT molecular complexity index is 915. The van der Waals surface area contributed by atoms with Crippen LogP contribution in [0.1, 0.15) is 66.7 Å². The molecule has 1 unspecified atom stereocenters. The second kappa shape index (κ2) is 8.53. The summed E-state index contributed by atoms with van der Waals surface area (Å²) in [5.41, 5.74) is 0.0427. The zero-order valence-electron chi connectivity index (χ0n) is 20.1. The zero-order valence-corrected chi connectivity index (χ0v) is 20.1. The van der Waals surface area contributed by atoms with Crippen LogP contribution in [0.25, 0.3) is 0 Å². The Balaban J connectivity index is 2.16. The van der Waals surface area contributed by atoms with Crippen molar-refractivity contribution in [2.75, 3.05) is 7.05 Å². The molecule has 6 heteroatoms. The van der Waals surface area contributed by atoms with Gasteiger partial charge in [0.25, 0.3) is 5.91 Å². The lowest BCUT2D eigenvalue weighted by molar-refractivity contribution is -0.138. The van der Waals surface area contributed by atoms with Gasteiger partial charge in [0, 0.05) is 24.8 Å². The minimum absolute atomic E-state index is 0.0414. The van der Waals surface area contributed by atoms with E-state index in [0.29, 0.717) is 5.92 Å². The fraction of sp³-hybridized carbons (Fsp3) is 0.654. The minimum atomic E-state index is -1.01. The quantitative estimate of drug-likeness (QED) is 0.279. The van der Waals surface area contributed by atoms with Gasteiger partial charge in [0.2, 0.25) is 0 Å². The van der Waals surface area contributed by atoms with E-state index in [2.05, 4.69) is 32.9 Å². The Morgan fingerprint density at radius 3 is 2.50 bits per heavy atom. The monoisotopic (exact) mass is 443 g/mol. The molecule has 0 aromatic carbocycles. The van der Waals surface area contributed by atoms with Crippen molar-refractivity contribution in [2.45, 2.75) is 72.8 Å². The molecule has 3 rings (SSSR count). The lowest BCUT2D eigenvalue weighted by atomic mass is 9.47. The maximum absolute atomic E-state index is 13.3. The summed E-state index contributed by atoms with van der Waals surface area (Å²) in [5.74, 6) is -1.60. The summed E-state index contributed by atoms with van der Waals surface area (Å²) in [6.45, 7) is 10.5. The van der Waals surface area contributed by atoms with E-state index in [1.54, 1.807) is 0 Å². The fourth-order valence-electron chi connectivity index (χ4n) is 6.91. The van der Waals surface area contributed by atoms with Crippen LogP contribution in [0.2, 0.25) is 0 Å². The number of ketones is 1. The van der Waals surface area contributed by atoms with Gasteiger partial charge in [-0.3, -0.25) is 14.4 Å². The largest absolute Gasteiger partial charge is 0.511 e. The predicted molar refractivity (Wildman–Crippen MR) is 123 cm³/mol. The highest BCUT2D eigenvalue weighted by molar-refractivity contribution is 6.26. The van der Waals surface area contributed by atoms with E-state index in [4.69, 9.17) is 5.11 Å². The summed E-state index contributed by atoms with van der Waals surface area (Å²) < 4.78 is 0. The topological polar surface area (TPSA) is 94.9 Å². The molecule has 176 valence electrons. The minimum Gasteiger partial charge on any atom is -0.511 e. The third kappa shape index (κ3) is 3.71. The van der Waals surface area contributed by atoms with Crippen molar-refractivity contribution in [3.05, 3.63) is 35.1 Å². The Hall–Kier alpha value is -2.37. The zero-order chi connectivity index (χ0) is 24.0. The second-order valence-electron chi connectivity index (χ2n) is 10.6. The van der Waals surface area contributed by atoms with E-state index in [9.17, 15) is 19.5 Å². The van der Waals surface area contributed by atoms with Gasteiger partial charge in [-0.15, -0.1) is 0 Å². The van der Waals surface area contributed by atoms with Gasteiger partial charge in [0.05, 0.1) is 6.04 Å². The van der Waals surface area contributed by atoms with Gasteiger partial charge in [-0.25, -0.2) is 0 Å². The standard InChI is InChI=1S/C26H37NO5/c1-7-8-17-16(3)14-25(4)13-15(2)9-11-19(25)26(17,5)23(31)21-22(30)18(10-12-20(28)29)27(6)24(21)32/h7-8,14-15,17-19,31H,9-13H2,1-6H3,(H,28,29)/b8-7+,23-21-/t15-,17+,18?,19-,25-,26-/m1/s1. The molecule has 0 spiro atoms. The Morgan fingerprint density at radius 1 is 1.25 bits per heavy atom. The lowest BCUT2D eigenvalue weighted by Gasteiger charge is -2.57. The maximum Gasteiger partial charge on any atom is 0.303 e. The van der Waals surface area contributed by atoms with Crippen LogP contribution in [-0.4, -0.2) is 45.9 Å². The number of carboxylic acids is 1. The number of hydrogen-bond acceptors (Lipinski definition) is 4. The molecule has 0 aromatic heterocycles. The van der Waals surface area contributed by atoms with Gasteiger partial charge in [-0.2, -0.15) is 0 Å². The highest BCUT2D eigenvalue weighted by Gasteiger charge is 2.58. The number of nitrogens with zero attached hydrogens (tertiary/aromatic N) is 1. The van der Waals surface area contributed by atoms with Crippen LogP contribution in [0, 0.1) is 28.6 Å². The number of hydrogen-bond donors (Lipinski definition) is 2. The number of aliphatic hydroxyl groups excluding tert-OH is 1. The number of likely N-dealkylation sites (N-methyl/N-ethyl adjacent to an activating group) is 1. The highest BCUT2D eigenvalue weighted by Crippen LogP contribution is 2.62. The molecule has 1 saturated heterocycles. The predicted octanol–water partition coefficient (Wildman–Crippen LogP) is 4.67. The molecule has 2 N–H and O–H groups in total. The molecule has 3 aliphatic rings. The molecular weight excluding hydrogens is 406 g/mol. The summed E-state index contributed by atoms with van der Waals surface area (Å²) in [5, 5.41) is 20.8. The average molecular weight is 444 g/mol. The molecule has 1 aliphatic heterocycles. The number of fused-ring (bicyclic) bond motifs is 1. The van der Waals surface area contributed by atoms with E-state index < -0.39 is 29.1 Å². The van der Waals surface area contributed by atoms with Crippen LogP contribution in [0.5, 0.6) is 0 Å². The van der Waals surface area contributed by atoms with Gasteiger partial charge in [-0.05, 0) is 50.4 Å². The fourth-order valence-corrected chi connectivity index (χ4v) is 6.91. The number of aliphatic hydroxyl groups is 1. The van der Waals surface area contributed by atoms with Crippen molar-refractivity contribution < 1.29 is 24.6 Å². The Kier molecular flexibility index (Phi) is 6.47. The molecule has 0 aromatic rings. The van der Waals surface area contributed by atoms with Crippen molar-refractivity contribution >= 4 is 17.7 Å². The molecule has 2 fully saturated rings. The molecule has 32 heavy (non-hydrogen) atoms. The highest BCUT2D eigenvalue weighted by atomic mass is 16.4. The number of rotatable bonds is 5. The smallest absolute Gasteiger partial charge is 0.303 e. The van der Waals surface area contributed by atoms with Gasteiger partial charge in [0.15, 0.2) is 5.78 Å². The summed E-state index contributed by atoms with van der Waals surface area (Å²) in [6, 6.07) is -0.850. The first-order chi connectivity index (χ1) is 14.9. The molecule has 0 radical (unpaired) electrons. The molecule has 1 heterocycles. The molecule has 2 aliphatic carbocycles. The van der Waals surface area contributed by atoms with Gasteiger partial charge >= 0.3 is 5.97 Å². The van der Waals surface area contributed by atoms with Crippen molar-refractivity contribution in [1.29, 1.82) is 0 Å².